The number of nitrogens with zero attached hydrogens (tertiary/aromatic N) is 1. The van der Waals surface area contributed by atoms with Crippen molar-refractivity contribution < 1.29 is 0 Å². The quantitative estimate of drug-likeness (QED) is 0.680. The summed E-state index contributed by atoms with van der Waals surface area (Å²) in [6.45, 7) is 4.43. The SMILES string of the molecule is CCCC=C(CCC)c1cccnc1. The monoisotopic (exact) mass is 189 g/mol. The minimum Gasteiger partial charge on any atom is -0.264 e. The fourth-order valence-electron chi connectivity index (χ4n) is 1.50. The standard InChI is InChI=1S/C13H19N/c1-3-5-8-12(7-4-2)13-9-6-10-14-11-13/h6,8-11H,3-5,7H2,1-2H3. The van der Waals surface area contributed by atoms with Crippen molar-refractivity contribution in [1.82, 2.24) is 4.98 Å². The molecule has 0 N–H and O–H groups in total. The topological polar surface area (TPSA) is 12.9 Å². The Labute approximate surface area is 86.9 Å². The molecular weight excluding hydrogens is 170 g/mol. The first-order valence-electron chi connectivity index (χ1n) is 5.48. The lowest BCUT2D eigenvalue weighted by molar-refractivity contribution is 0.932. The summed E-state index contributed by atoms with van der Waals surface area (Å²) in [5.41, 5.74) is 2.73. The third kappa shape index (κ3) is 3.33. The molecule has 1 heterocycles. The van der Waals surface area contributed by atoms with E-state index in [-0.39, 0.29) is 0 Å². The summed E-state index contributed by atoms with van der Waals surface area (Å²) in [6.07, 6.45) is 10.9. The highest BCUT2D eigenvalue weighted by atomic mass is 14.6. The lowest BCUT2D eigenvalue weighted by atomic mass is 10.0. The van der Waals surface area contributed by atoms with Crippen LogP contribution >= 0.6 is 0 Å². The van der Waals surface area contributed by atoms with Crippen LogP contribution < -0.4 is 0 Å². The zero-order chi connectivity index (χ0) is 10.2. The van der Waals surface area contributed by atoms with Crippen molar-refractivity contribution >= 4 is 5.57 Å². The summed E-state index contributed by atoms with van der Waals surface area (Å²) in [5.74, 6) is 0. The van der Waals surface area contributed by atoms with Gasteiger partial charge >= 0.3 is 0 Å². The molecule has 0 saturated carbocycles. The van der Waals surface area contributed by atoms with Gasteiger partial charge in [-0.3, -0.25) is 4.98 Å². The van der Waals surface area contributed by atoms with E-state index < -0.39 is 0 Å². The van der Waals surface area contributed by atoms with Crippen LogP contribution in [0.3, 0.4) is 0 Å². The molecule has 0 saturated heterocycles. The molecule has 0 radical (unpaired) electrons. The molecule has 1 heteroatoms. The second-order valence-corrected chi connectivity index (χ2v) is 3.51. The number of unbranched alkanes of at least 4 members (excludes halogenated alkanes) is 1. The van der Waals surface area contributed by atoms with Gasteiger partial charge in [-0.1, -0.05) is 38.8 Å². The van der Waals surface area contributed by atoms with Crippen LogP contribution in [0.5, 0.6) is 0 Å². The van der Waals surface area contributed by atoms with Crippen LogP contribution in [0.2, 0.25) is 0 Å². The fourth-order valence-corrected chi connectivity index (χ4v) is 1.50. The van der Waals surface area contributed by atoms with Gasteiger partial charge in [0.15, 0.2) is 0 Å². The lowest BCUT2D eigenvalue weighted by Gasteiger charge is -2.05. The van der Waals surface area contributed by atoms with Crippen LogP contribution in [-0.2, 0) is 0 Å². The average molecular weight is 189 g/mol. The Morgan fingerprint density at radius 3 is 2.79 bits per heavy atom. The van der Waals surface area contributed by atoms with E-state index in [0.29, 0.717) is 0 Å². The molecule has 1 aromatic rings. The van der Waals surface area contributed by atoms with E-state index in [4.69, 9.17) is 0 Å². The van der Waals surface area contributed by atoms with Gasteiger partial charge in [-0.15, -0.1) is 0 Å². The number of hydrogen-bond donors (Lipinski definition) is 0. The predicted octanol–water partition coefficient (Wildman–Crippen LogP) is 4.07. The molecule has 0 aromatic carbocycles. The van der Waals surface area contributed by atoms with Crippen molar-refractivity contribution in [3.63, 3.8) is 0 Å². The molecule has 0 bridgehead atoms. The van der Waals surface area contributed by atoms with Gasteiger partial charge in [0.05, 0.1) is 0 Å². The first-order valence-corrected chi connectivity index (χ1v) is 5.48. The van der Waals surface area contributed by atoms with Crippen molar-refractivity contribution in [1.29, 1.82) is 0 Å². The van der Waals surface area contributed by atoms with E-state index in [1.54, 1.807) is 0 Å². The molecule has 0 unspecified atom stereocenters. The number of allylic oxidation sites excluding steroid dienone is 2. The van der Waals surface area contributed by atoms with E-state index in [1.165, 1.54) is 30.4 Å². The van der Waals surface area contributed by atoms with Gasteiger partial charge in [0, 0.05) is 12.4 Å². The van der Waals surface area contributed by atoms with Gasteiger partial charge < -0.3 is 0 Å². The molecule has 0 atom stereocenters. The molecule has 1 nitrogen and oxygen atoms in total. The third-order valence-corrected chi connectivity index (χ3v) is 2.23. The molecule has 76 valence electrons. The van der Waals surface area contributed by atoms with E-state index in [2.05, 4.69) is 31.0 Å². The molecule has 0 aliphatic heterocycles. The highest BCUT2D eigenvalue weighted by molar-refractivity contribution is 5.64. The largest absolute Gasteiger partial charge is 0.264 e. The Morgan fingerprint density at radius 1 is 1.36 bits per heavy atom. The fraction of sp³-hybridized carbons (Fsp3) is 0.462. The Bertz CT molecular complexity index is 275. The van der Waals surface area contributed by atoms with E-state index in [1.807, 2.05) is 18.5 Å². The highest BCUT2D eigenvalue weighted by Gasteiger charge is 1.98. The van der Waals surface area contributed by atoms with Crippen molar-refractivity contribution in [2.24, 2.45) is 0 Å². The van der Waals surface area contributed by atoms with Gasteiger partial charge in [0.25, 0.3) is 0 Å². The summed E-state index contributed by atoms with van der Waals surface area (Å²) in [7, 11) is 0. The Hall–Kier alpha value is -1.11. The van der Waals surface area contributed by atoms with Crippen LogP contribution in [0.25, 0.3) is 5.57 Å². The summed E-state index contributed by atoms with van der Waals surface area (Å²) in [4.78, 5) is 4.16. The van der Waals surface area contributed by atoms with Crippen molar-refractivity contribution in [3.05, 3.63) is 36.2 Å². The second-order valence-electron chi connectivity index (χ2n) is 3.51. The van der Waals surface area contributed by atoms with Crippen molar-refractivity contribution in [2.45, 2.75) is 39.5 Å². The summed E-state index contributed by atoms with van der Waals surface area (Å²) >= 11 is 0. The van der Waals surface area contributed by atoms with Crippen LogP contribution in [0.4, 0.5) is 0 Å². The average Bonchev–Trinajstić information content (AvgIpc) is 2.25. The first kappa shape index (κ1) is 11.0. The van der Waals surface area contributed by atoms with Gasteiger partial charge in [0.2, 0.25) is 0 Å². The zero-order valence-corrected chi connectivity index (χ0v) is 9.16. The molecule has 1 aromatic heterocycles. The van der Waals surface area contributed by atoms with Gasteiger partial charge in [-0.05, 0) is 30.0 Å². The van der Waals surface area contributed by atoms with Crippen LogP contribution in [0, 0.1) is 0 Å². The smallest absolute Gasteiger partial charge is 0.0342 e. The maximum atomic E-state index is 4.16. The zero-order valence-electron chi connectivity index (χ0n) is 9.16. The van der Waals surface area contributed by atoms with E-state index in [0.717, 1.165) is 6.42 Å². The lowest BCUT2D eigenvalue weighted by Crippen LogP contribution is -1.85. The molecule has 0 aliphatic carbocycles. The molecule has 0 amide bonds. The first-order chi connectivity index (χ1) is 6.88. The Balaban J connectivity index is 2.77. The number of aromatic nitrogens is 1. The Morgan fingerprint density at radius 2 is 2.21 bits per heavy atom. The third-order valence-electron chi connectivity index (χ3n) is 2.23. The van der Waals surface area contributed by atoms with Crippen molar-refractivity contribution in [2.75, 3.05) is 0 Å². The number of rotatable bonds is 5. The van der Waals surface area contributed by atoms with Gasteiger partial charge in [0.1, 0.15) is 0 Å². The second kappa shape index (κ2) is 6.36. The van der Waals surface area contributed by atoms with Gasteiger partial charge in [-0.25, -0.2) is 0 Å². The number of pyridine rings is 1. The maximum Gasteiger partial charge on any atom is 0.0342 e. The van der Waals surface area contributed by atoms with E-state index in [9.17, 15) is 0 Å². The summed E-state index contributed by atoms with van der Waals surface area (Å²) < 4.78 is 0. The molecule has 0 fully saturated rings. The summed E-state index contributed by atoms with van der Waals surface area (Å²) in [6, 6.07) is 4.15. The minimum atomic E-state index is 1.16. The minimum absolute atomic E-state index is 1.16. The van der Waals surface area contributed by atoms with Crippen LogP contribution in [0.1, 0.15) is 45.1 Å². The Kier molecular flexibility index (Phi) is 4.98. The highest BCUT2D eigenvalue weighted by Crippen LogP contribution is 2.19. The molecule has 1 rings (SSSR count). The molecule has 14 heavy (non-hydrogen) atoms. The van der Waals surface area contributed by atoms with Crippen LogP contribution in [-0.4, -0.2) is 4.98 Å². The maximum absolute atomic E-state index is 4.16. The summed E-state index contributed by atoms with van der Waals surface area (Å²) in [5, 5.41) is 0. The van der Waals surface area contributed by atoms with Crippen LogP contribution in [0.15, 0.2) is 30.6 Å². The van der Waals surface area contributed by atoms with Gasteiger partial charge in [-0.2, -0.15) is 0 Å². The normalized spacial score (nSPS) is 11.7. The predicted molar refractivity (Wildman–Crippen MR) is 62.0 cm³/mol. The number of hydrogen-bond acceptors (Lipinski definition) is 1. The molecule has 0 spiro atoms. The van der Waals surface area contributed by atoms with E-state index >= 15 is 0 Å². The molecular formula is C13H19N. The molecule has 0 aliphatic rings. The van der Waals surface area contributed by atoms with Crippen molar-refractivity contribution in [3.8, 4) is 0 Å².